The average Bonchev–Trinajstić information content (AvgIpc) is 3.05. The highest BCUT2D eigenvalue weighted by atomic mass is 19.1. The van der Waals surface area contributed by atoms with Gasteiger partial charge in [0.1, 0.15) is 0 Å². The number of nitrogens with zero attached hydrogens (tertiary/aromatic N) is 3. The normalized spacial score (nSPS) is 17.9. The van der Waals surface area contributed by atoms with Gasteiger partial charge in [-0.15, -0.1) is 0 Å². The van der Waals surface area contributed by atoms with Gasteiger partial charge >= 0.3 is 0 Å². The number of ether oxygens (including phenoxy) is 2. The monoisotopic (exact) mass is 387 g/mol. The van der Waals surface area contributed by atoms with Crippen molar-refractivity contribution >= 4 is 11.0 Å². The lowest BCUT2D eigenvalue weighted by Gasteiger charge is -2.33. The second-order valence-corrected chi connectivity index (χ2v) is 7.02. The van der Waals surface area contributed by atoms with Gasteiger partial charge < -0.3 is 14.0 Å². The summed E-state index contributed by atoms with van der Waals surface area (Å²) in [5.74, 6) is -1.64. The van der Waals surface area contributed by atoms with E-state index in [2.05, 4.69) is 16.0 Å². The number of fused-ring (bicyclic) bond motifs is 1. The van der Waals surface area contributed by atoms with Gasteiger partial charge in [0, 0.05) is 26.7 Å². The van der Waals surface area contributed by atoms with Crippen molar-refractivity contribution in [3.05, 3.63) is 59.4 Å². The van der Waals surface area contributed by atoms with E-state index in [1.54, 1.807) is 13.3 Å². The van der Waals surface area contributed by atoms with Crippen LogP contribution in [0.15, 0.2) is 36.7 Å². The molecule has 0 radical (unpaired) electrons. The number of aryl methyl sites for hydroxylation is 1. The zero-order valence-electron chi connectivity index (χ0n) is 16.0. The fourth-order valence-electron chi connectivity index (χ4n) is 3.64. The summed E-state index contributed by atoms with van der Waals surface area (Å²) in [5.41, 5.74) is 3.65. The SMILES string of the molecule is CCOc1c(F)cc(CN2CCO[C@H](c3ccc4ncn(C)c4c3)C2)cc1F. The predicted octanol–water partition coefficient (Wildman–Crippen LogP) is 3.82. The number of benzene rings is 2. The van der Waals surface area contributed by atoms with Gasteiger partial charge in [-0.1, -0.05) is 6.07 Å². The van der Waals surface area contributed by atoms with E-state index in [1.807, 2.05) is 23.7 Å². The molecule has 2 aromatic carbocycles. The standard InChI is InChI=1S/C21H23F2N3O2/c1-3-27-21-16(22)8-14(9-17(21)23)11-26-6-7-28-20(12-26)15-4-5-18-19(10-15)25(2)13-24-18/h4-5,8-10,13,20H,3,6-7,11-12H2,1-2H3/t20-/m0/s1. The molecule has 0 saturated carbocycles. The first-order valence-corrected chi connectivity index (χ1v) is 9.40. The van der Waals surface area contributed by atoms with Crippen LogP contribution in [0.25, 0.3) is 11.0 Å². The van der Waals surface area contributed by atoms with Crippen LogP contribution in [0.3, 0.4) is 0 Å². The molecule has 7 heteroatoms. The summed E-state index contributed by atoms with van der Waals surface area (Å²) in [4.78, 5) is 6.49. The van der Waals surface area contributed by atoms with E-state index in [1.165, 1.54) is 12.1 Å². The van der Waals surface area contributed by atoms with E-state index >= 15 is 0 Å². The van der Waals surface area contributed by atoms with E-state index in [0.717, 1.165) is 16.6 Å². The molecule has 2 heterocycles. The summed E-state index contributed by atoms with van der Waals surface area (Å²) in [6.07, 6.45) is 1.70. The van der Waals surface area contributed by atoms with Crippen LogP contribution in [0.5, 0.6) is 5.75 Å². The van der Waals surface area contributed by atoms with Crippen molar-refractivity contribution in [3.63, 3.8) is 0 Å². The lowest BCUT2D eigenvalue weighted by Crippen LogP contribution is -2.37. The molecule has 0 N–H and O–H groups in total. The Morgan fingerprint density at radius 1 is 1.21 bits per heavy atom. The van der Waals surface area contributed by atoms with Gasteiger partial charge in [0.15, 0.2) is 17.4 Å². The Bertz CT molecular complexity index is 966. The number of halogens is 2. The van der Waals surface area contributed by atoms with Gasteiger partial charge in [-0.2, -0.15) is 0 Å². The van der Waals surface area contributed by atoms with Crippen LogP contribution in [-0.4, -0.2) is 40.8 Å². The quantitative estimate of drug-likeness (QED) is 0.667. The van der Waals surface area contributed by atoms with Crippen molar-refractivity contribution < 1.29 is 18.3 Å². The fraction of sp³-hybridized carbons (Fsp3) is 0.381. The molecular weight excluding hydrogens is 364 g/mol. The van der Waals surface area contributed by atoms with E-state index in [0.29, 0.717) is 31.8 Å². The first kappa shape index (κ1) is 18.8. The van der Waals surface area contributed by atoms with Crippen molar-refractivity contribution in [2.24, 2.45) is 7.05 Å². The number of hydrogen-bond acceptors (Lipinski definition) is 4. The molecule has 1 fully saturated rings. The Hall–Kier alpha value is -2.51. The van der Waals surface area contributed by atoms with Gasteiger partial charge in [0.25, 0.3) is 0 Å². The van der Waals surface area contributed by atoms with Crippen molar-refractivity contribution in [1.29, 1.82) is 0 Å². The van der Waals surface area contributed by atoms with Gasteiger partial charge in [-0.3, -0.25) is 4.90 Å². The molecule has 1 aliphatic rings. The third-order valence-corrected chi connectivity index (χ3v) is 5.02. The minimum absolute atomic E-state index is 0.0922. The van der Waals surface area contributed by atoms with Crippen molar-refractivity contribution in [2.45, 2.75) is 19.6 Å². The van der Waals surface area contributed by atoms with Crippen molar-refractivity contribution in [2.75, 3.05) is 26.3 Å². The number of aromatic nitrogens is 2. The number of imidazole rings is 1. The second kappa shape index (κ2) is 7.85. The molecular formula is C21H23F2N3O2. The zero-order chi connectivity index (χ0) is 19.7. The van der Waals surface area contributed by atoms with Crippen LogP contribution in [0.4, 0.5) is 8.78 Å². The predicted molar refractivity (Wildman–Crippen MR) is 102 cm³/mol. The summed E-state index contributed by atoms with van der Waals surface area (Å²) in [6, 6.07) is 8.80. The minimum atomic E-state index is -0.664. The first-order chi connectivity index (χ1) is 13.5. The number of rotatable bonds is 5. The van der Waals surface area contributed by atoms with E-state index in [4.69, 9.17) is 9.47 Å². The molecule has 0 unspecified atom stereocenters. The lowest BCUT2D eigenvalue weighted by atomic mass is 10.1. The minimum Gasteiger partial charge on any atom is -0.488 e. The largest absolute Gasteiger partial charge is 0.488 e. The molecule has 0 amide bonds. The second-order valence-electron chi connectivity index (χ2n) is 7.02. The maximum Gasteiger partial charge on any atom is 0.190 e. The number of morpholine rings is 1. The molecule has 1 aliphatic heterocycles. The fourth-order valence-corrected chi connectivity index (χ4v) is 3.64. The summed E-state index contributed by atoms with van der Waals surface area (Å²) >= 11 is 0. The molecule has 1 saturated heterocycles. The molecule has 148 valence electrons. The topological polar surface area (TPSA) is 39.5 Å². The molecule has 28 heavy (non-hydrogen) atoms. The smallest absolute Gasteiger partial charge is 0.190 e. The van der Waals surface area contributed by atoms with Crippen LogP contribution in [0.2, 0.25) is 0 Å². The number of hydrogen-bond donors (Lipinski definition) is 0. The van der Waals surface area contributed by atoms with Crippen LogP contribution in [-0.2, 0) is 18.3 Å². The molecule has 0 aliphatic carbocycles. The van der Waals surface area contributed by atoms with Crippen LogP contribution >= 0.6 is 0 Å². The summed E-state index contributed by atoms with van der Waals surface area (Å²) in [7, 11) is 1.96. The summed E-state index contributed by atoms with van der Waals surface area (Å²) in [6.45, 7) is 4.30. The van der Waals surface area contributed by atoms with Gasteiger partial charge in [0.05, 0.1) is 36.7 Å². The molecule has 3 aromatic rings. The zero-order valence-corrected chi connectivity index (χ0v) is 16.0. The van der Waals surface area contributed by atoms with Crippen LogP contribution in [0.1, 0.15) is 24.2 Å². The molecule has 5 nitrogen and oxygen atoms in total. The van der Waals surface area contributed by atoms with E-state index in [-0.39, 0.29) is 18.5 Å². The average molecular weight is 387 g/mol. The Labute approximate surface area is 162 Å². The van der Waals surface area contributed by atoms with Gasteiger partial charge in [-0.25, -0.2) is 13.8 Å². The highest BCUT2D eigenvalue weighted by Crippen LogP contribution is 2.28. The Balaban J connectivity index is 1.50. The molecule has 1 aromatic heterocycles. The van der Waals surface area contributed by atoms with Crippen LogP contribution in [0, 0.1) is 11.6 Å². The molecule has 0 bridgehead atoms. The molecule has 0 spiro atoms. The summed E-state index contributed by atoms with van der Waals surface area (Å²) in [5, 5.41) is 0. The highest BCUT2D eigenvalue weighted by Gasteiger charge is 2.23. The molecule has 4 rings (SSSR count). The maximum atomic E-state index is 14.1. The van der Waals surface area contributed by atoms with E-state index in [9.17, 15) is 8.78 Å². The molecule has 1 atom stereocenters. The Kier molecular flexibility index (Phi) is 5.28. The van der Waals surface area contributed by atoms with Gasteiger partial charge in [-0.05, 0) is 42.3 Å². The Morgan fingerprint density at radius 2 is 2.00 bits per heavy atom. The Morgan fingerprint density at radius 3 is 2.75 bits per heavy atom. The third kappa shape index (κ3) is 3.72. The highest BCUT2D eigenvalue weighted by molar-refractivity contribution is 5.76. The lowest BCUT2D eigenvalue weighted by molar-refractivity contribution is -0.0329. The summed E-state index contributed by atoms with van der Waals surface area (Å²) < 4.78 is 41.2. The van der Waals surface area contributed by atoms with Crippen molar-refractivity contribution in [1.82, 2.24) is 14.5 Å². The van der Waals surface area contributed by atoms with Crippen molar-refractivity contribution in [3.8, 4) is 5.75 Å². The maximum absolute atomic E-state index is 14.1. The van der Waals surface area contributed by atoms with Crippen LogP contribution < -0.4 is 4.74 Å². The first-order valence-electron chi connectivity index (χ1n) is 9.40. The van der Waals surface area contributed by atoms with Gasteiger partial charge in [0.2, 0.25) is 0 Å². The van der Waals surface area contributed by atoms with E-state index < -0.39 is 11.6 Å². The third-order valence-electron chi connectivity index (χ3n) is 5.02.